The molecule has 0 radical (unpaired) electrons. The fraction of sp³-hybridized carbons (Fsp3) is 0.861. The molecule has 2 aliphatic heterocycles. The highest BCUT2D eigenvalue weighted by Crippen LogP contribution is 2.64. The number of piperidine rings is 1. The summed E-state index contributed by atoms with van der Waals surface area (Å²) in [6.45, 7) is 12.3. The lowest BCUT2D eigenvalue weighted by molar-refractivity contribution is -0.221. The summed E-state index contributed by atoms with van der Waals surface area (Å²) in [6.07, 6.45) is 7.91. The SMILES string of the molecule is CC(C)CC1CCC2C3CCC4C5COC[C@]4(C[C@@H](OC(=O)O)[C@@H]5OCC(C(C)C)N4CCCCC4)C3=CC(=O)C2[C@@H]1C(=O)O. The molecule has 0 aromatic rings. The number of fused-ring (bicyclic) bond motifs is 3. The van der Waals surface area contributed by atoms with E-state index in [9.17, 15) is 24.6 Å². The third-order valence-electron chi connectivity index (χ3n) is 12.8. The topological polar surface area (TPSA) is 123 Å². The maximum absolute atomic E-state index is 14.0. The van der Waals surface area contributed by atoms with Gasteiger partial charge in [-0.25, -0.2) is 4.79 Å². The number of allylic oxidation sites excluding steroid dienone is 1. The van der Waals surface area contributed by atoms with Crippen molar-refractivity contribution >= 4 is 17.9 Å². The number of carbonyl (C=O) groups is 3. The van der Waals surface area contributed by atoms with Crippen molar-refractivity contribution in [1.29, 1.82) is 0 Å². The van der Waals surface area contributed by atoms with E-state index in [1.165, 1.54) is 19.3 Å². The fourth-order valence-corrected chi connectivity index (χ4v) is 11.1. The third kappa shape index (κ3) is 6.11. The van der Waals surface area contributed by atoms with Crippen LogP contribution >= 0.6 is 0 Å². The van der Waals surface area contributed by atoms with E-state index in [-0.39, 0.29) is 41.4 Å². The van der Waals surface area contributed by atoms with Crippen molar-refractivity contribution < 1.29 is 38.8 Å². The number of likely N-dealkylation sites (tertiary alicyclic amines) is 1. The summed E-state index contributed by atoms with van der Waals surface area (Å²) < 4.78 is 18.8. The summed E-state index contributed by atoms with van der Waals surface area (Å²) in [7, 11) is 0. The third-order valence-corrected chi connectivity index (χ3v) is 12.8. The zero-order valence-electron chi connectivity index (χ0n) is 27.7. The van der Waals surface area contributed by atoms with Gasteiger partial charge < -0.3 is 24.4 Å². The van der Waals surface area contributed by atoms with Gasteiger partial charge in [-0.3, -0.25) is 14.5 Å². The Labute approximate surface area is 268 Å². The number of hydrogen-bond donors (Lipinski definition) is 2. The Hall–Kier alpha value is -1.97. The van der Waals surface area contributed by atoms with Crippen LogP contribution in [0.4, 0.5) is 4.79 Å². The van der Waals surface area contributed by atoms with E-state index in [4.69, 9.17) is 14.2 Å². The molecule has 2 N–H and O–H groups in total. The first kappa shape index (κ1) is 33.0. The minimum absolute atomic E-state index is 0.00173. The predicted octanol–water partition coefficient (Wildman–Crippen LogP) is 5.91. The normalized spacial score (nSPS) is 40.6. The molecule has 252 valence electrons. The van der Waals surface area contributed by atoms with Crippen molar-refractivity contribution in [1.82, 2.24) is 4.90 Å². The lowest BCUT2D eigenvalue weighted by atomic mass is 9.45. The Bertz CT molecular complexity index is 1150. The van der Waals surface area contributed by atoms with Crippen LogP contribution in [0.25, 0.3) is 0 Å². The quantitative estimate of drug-likeness (QED) is 0.300. The Morgan fingerprint density at radius 1 is 1.04 bits per heavy atom. The molecule has 0 amide bonds. The average Bonchev–Trinajstić information content (AvgIpc) is 2.98. The van der Waals surface area contributed by atoms with Gasteiger partial charge >= 0.3 is 12.1 Å². The molecule has 7 unspecified atom stereocenters. The van der Waals surface area contributed by atoms with Crippen LogP contribution in [0.5, 0.6) is 0 Å². The Balaban J connectivity index is 1.29. The molecule has 5 fully saturated rings. The van der Waals surface area contributed by atoms with Crippen molar-refractivity contribution in [2.24, 2.45) is 58.7 Å². The molecule has 6 aliphatic rings. The van der Waals surface area contributed by atoms with Gasteiger partial charge in [-0.1, -0.05) is 39.7 Å². The minimum Gasteiger partial charge on any atom is -0.481 e. The minimum atomic E-state index is -1.30. The van der Waals surface area contributed by atoms with E-state index in [1.807, 2.05) is 0 Å². The molecule has 0 spiro atoms. The van der Waals surface area contributed by atoms with Gasteiger partial charge in [0.2, 0.25) is 0 Å². The van der Waals surface area contributed by atoms with Crippen LogP contribution in [0.3, 0.4) is 0 Å². The van der Waals surface area contributed by atoms with Crippen molar-refractivity contribution in [2.75, 3.05) is 32.9 Å². The first-order valence-corrected chi connectivity index (χ1v) is 17.8. The summed E-state index contributed by atoms with van der Waals surface area (Å²) in [4.78, 5) is 41.3. The molecular formula is C36H55NO8. The molecule has 6 rings (SSSR count). The van der Waals surface area contributed by atoms with Gasteiger partial charge in [0, 0.05) is 23.3 Å². The summed E-state index contributed by atoms with van der Waals surface area (Å²) in [5.41, 5.74) is 0.580. The zero-order chi connectivity index (χ0) is 32.0. The lowest BCUT2D eigenvalue weighted by Crippen LogP contribution is -2.64. The van der Waals surface area contributed by atoms with E-state index in [2.05, 4.69) is 32.6 Å². The molecule has 0 aromatic carbocycles. The highest BCUT2D eigenvalue weighted by molar-refractivity contribution is 5.97. The first-order chi connectivity index (χ1) is 21.5. The molecule has 4 aliphatic carbocycles. The number of carbonyl (C=O) groups excluding carboxylic acids is 1. The van der Waals surface area contributed by atoms with Gasteiger partial charge in [0.05, 0.1) is 31.8 Å². The van der Waals surface area contributed by atoms with Gasteiger partial charge in [-0.15, -0.1) is 0 Å². The maximum atomic E-state index is 14.0. The second-order valence-corrected chi connectivity index (χ2v) is 16.0. The van der Waals surface area contributed by atoms with Gasteiger partial charge in [-0.2, -0.15) is 0 Å². The number of aliphatic carboxylic acids is 1. The number of rotatable bonds is 9. The predicted molar refractivity (Wildman–Crippen MR) is 168 cm³/mol. The Kier molecular flexibility index (Phi) is 9.71. The maximum Gasteiger partial charge on any atom is 0.506 e. The highest BCUT2D eigenvalue weighted by Gasteiger charge is 2.64. The standard InChI is InChI=1S/C36H55NO8/c1-20(2)14-22-8-9-24-23-10-11-26-25-17-43-19-36(26,27(23)15-29(38)32(24)31(22)34(39)40)16-30(45-35(41)42)33(25)44-18-28(21(3)4)37-12-6-5-7-13-37/h15,20-26,28,30-33H,5-14,16-19H2,1-4H3,(H,39,40)(H,41,42)/t22?,23?,24?,25?,26?,28?,30-,31-,32?,33-,36+/m1/s1. The van der Waals surface area contributed by atoms with Crippen molar-refractivity contribution in [3.8, 4) is 0 Å². The van der Waals surface area contributed by atoms with E-state index in [1.54, 1.807) is 6.08 Å². The number of carboxylic acids is 1. The van der Waals surface area contributed by atoms with Gasteiger partial charge in [-0.05, 0) is 106 Å². The average molecular weight is 630 g/mol. The molecule has 3 saturated carbocycles. The summed E-state index contributed by atoms with van der Waals surface area (Å²) >= 11 is 0. The second kappa shape index (κ2) is 13.3. The molecule has 2 saturated heterocycles. The molecular weight excluding hydrogens is 574 g/mol. The number of nitrogens with zero attached hydrogens (tertiary/aromatic N) is 1. The van der Waals surface area contributed by atoms with E-state index in [0.29, 0.717) is 38.1 Å². The Morgan fingerprint density at radius 2 is 1.80 bits per heavy atom. The monoisotopic (exact) mass is 629 g/mol. The second-order valence-electron chi connectivity index (χ2n) is 16.0. The zero-order valence-corrected chi connectivity index (χ0v) is 27.7. The molecule has 2 bridgehead atoms. The molecule has 45 heavy (non-hydrogen) atoms. The first-order valence-electron chi connectivity index (χ1n) is 17.8. The van der Waals surface area contributed by atoms with Crippen molar-refractivity contribution in [3.05, 3.63) is 11.6 Å². The largest absolute Gasteiger partial charge is 0.506 e. The molecule has 9 heteroatoms. The number of ketones is 1. The molecule has 0 aromatic heterocycles. The van der Waals surface area contributed by atoms with E-state index in [0.717, 1.165) is 50.8 Å². The number of hydrogen-bond acceptors (Lipinski definition) is 7. The molecule has 9 nitrogen and oxygen atoms in total. The number of carboxylic acid groups (broad SMARTS) is 2. The van der Waals surface area contributed by atoms with Crippen molar-refractivity contribution in [3.63, 3.8) is 0 Å². The van der Waals surface area contributed by atoms with Crippen LogP contribution in [0.2, 0.25) is 0 Å². The van der Waals surface area contributed by atoms with Crippen LogP contribution in [-0.4, -0.2) is 84.2 Å². The van der Waals surface area contributed by atoms with Crippen LogP contribution in [0, 0.1) is 58.7 Å². The number of ether oxygens (including phenoxy) is 3. The Morgan fingerprint density at radius 3 is 2.47 bits per heavy atom. The smallest absolute Gasteiger partial charge is 0.481 e. The molecule has 11 atom stereocenters. The van der Waals surface area contributed by atoms with Crippen LogP contribution in [0.15, 0.2) is 11.6 Å². The lowest BCUT2D eigenvalue weighted by Gasteiger charge is -2.63. The van der Waals surface area contributed by atoms with Crippen molar-refractivity contribution in [2.45, 2.75) is 104 Å². The summed E-state index contributed by atoms with van der Waals surface area (Å²) in [5, 5.41) is 20.2. The molecule has 2 heterocycles. The van der Waals surface area contributed by atoms with Crippen LogP contribution in [0.1, 0.15) is 85.5 Å². The summed E-state index contributed by atoms with van der Waals surface area (Å²) in [6, 6.07) is 0.256. The van der Waals surface area contributed by atoms with E-state index >= 15 is 0 Å². The fourth-order valence-electron chi connectivity index (χ4n) is 11.1. The highest BCUT2D eigenvalue weighted by atomic mass is 16.7. The summed E-state index contributed by atoms with van der Waals surface area (Å²) in [5.74, 6) is -0.959. The van der Waals surface area contributed by atoms with Gasteiger partial charge in [0.25, 0.3) is 0 Å². The van der Waals surface area contributed by atoms with Gasteiger partial charge in [0.15, 0.2) is 5.78 Å². The van der Waals surface area contributed by atoms with Crippen LogP contribution < -0.4 is 0 Å². The van der Waals surface area contributed by atoms with Gasteiger partial charge in [0.1, 0.15) is 6.10 Å². The van der Waals surface area contributed by atoms with Crippen LogP contribution in [-0.2, 0) is 23.8 Å². The van der Waals surface area contributed by atoms with E-state index < -0.39 is 41.6 Å².